The van der Waals surface area contributed by atoms with Crippen LogP contribution in [0.5, 0.6) is 5.75 Å². The first-order valence-electron chi connectivity index (χ1n) is 8.48. The summed E-state index contributed by atoms with van der Waals surface area (Å²) in [5.74, 6) is 0.222. The number of hydrogen-bond donors (Lipinski definition) is 1. The fraction of sp³-hybridized carbons (Fsp3) is 0.611. The molecule has 0 saturated heterocycles. The zero-order valence-corrected chi connectivity index (χ0v) is 14.9. The molecule has 2 N–H and O–H groups in total. The molecule has 0 aliphatic rings. The Morgan fingerprint density at radius 3 is 2.48 bits per heavy atom. The first kappa shape index (κ1) is 19.3. The third-order valence-electron chi connectivity index (χ3n) is 4.40. The van der Waals surface area contributed by atoms with Gasteiger partial charge in [-0.15, -0.1) is 0 Å². The van der Waals surface area contributed by atoms with Crippen LogP contribution >= 0.6 is 0 Å². The van der Waals surface area contributed by atoms with Crippen molar-refractivity contribution in [1.29, 1.82) is 0 Å². The topological polar surface area (TPSA) is 61.5 Å². The van der Waals surface area contributed by atoms with Gasteiger partial charge in [0.15, 0.2) is 0 Å². The molecule has 0 heterocycles. The highest BCUT2D eigenvalue weighted by molar-refractivity contribution is 5.90. The summed E-state index contributed by atoms with van der Waals surface area (Å²) in [5, 5.41) is 0. The first-order chi connectivity index (χ1) is 11.0. The van der Waals surface area contributed by atoms with Gasteiger partial charge in [-0.2, -0.15) is 0 Å². The monoisotopic (exact) mass is 323 g/mol. The number of hydrogen-bond acceptors (Lipinski definition) is 4. The van der Waals surface area contributed by atoms with E-state index in [0.717, 1.165) is 37.0 Å². The predicted octanol–water partition coefficient (Wildman–Crippen LogP) is 3.09. The minimum Gasteiger partial charge on any atom is -0.491 e. The highest BCUT2D eigenvalue weighted by Gasteiger charge is 2.18. The van der Waals surface area contributed by atoms with Crippen molar-refractivity contribution < 1.29 is 18.8 Å². The Labute approximate surface area is 140 Å². The number of carbonyl (C=O) groups is 1. The van der Waals surface area contributed by atoms with Gasteiger partial charge in [0.05, 0.1) is 38.0 Å². The van der Waals surface area contributed by atoms with E-state index < -0.39 is 0 Å². The number of esters is 1. The van der Waals surface area contributed by atoms with Crippen LogP contribution in [0.3, 0.4) is 0 Å². The van der Waals surface area contributed by atoms with Gasteiger partial charge in [-0.05, 0) is 38.5 Å². The van der Waals surface area contributed by atoms with Gasteiger partial charge in [0.25, 0.3) is 0 Å². The number of quaternary nitrogens is 1. The fourth-order valence-electron chi connectivity index (χ4n) is 2.09. The molecule has 0 unspecified atom stereocenters. The number of unbranched alkanes of at least 4 members (excludes halogenated alkanes) is 1. The number of likely N-dealkylation sites (N-methyl/N-ethyl adjacent to an activating group) is 1. The molecule has 1 aromatic carbocycles. The number of ether oxygens (including phenoxy) is 2. The van der Waals surface area contributed by atoms with Gasteiger partial charge in [0.2, 0.25) is 0 Å². The number of nitrogens with zero attached hydrogens (tertiary/aromatic N) is 1. The van der Waals surface area contributed by atoms with Crippen molar-refractivity contribution in [2.24, 2.45) is 0 Å². The molecule has 0 aliphatic heterocycles. The molecule has 0 aromatic heterocycles. The lowest BCUT2D eigenvalue weighted by atomic mass is 10.2. The predicted molar refractivity (Wildman–Crippen MR) is 93.7 cm³/mol. The Bertz CT molecular complexity index is 499. The summed E-state index contributed by atoms with van der Waals surface area (Å²) in [7, 11) is 2.16. The summed E-state index contributed by atoms with van der Waals surface area (Å²) >= 11 is 0. The lowest BCUT2D eigenvalue weighted by molar-refractivity contribution is -0.906. The number of nitrogens with two attached hydrogens (primary N) is 1. The molecule has 130 valence electrons. The Morgan fingerprint density at radius 1 is 1.17 bits per heavy atom. The van der Waals surface area contributed by atoms with Gasteiger partial charge in [-0.1, -0.05) is 13.3 Å². The molecule has 23 heavy (non-hydrogen) atoms. The molecule has 0 fully saturated rings. The minimum absolute atomic E-state index is 0.330. The van der Waals surface area contributed by atoms with E-state index in [1.807, 2.05) is 0 Å². The molecule has 0 amide bonds. The number of carbonyl (C=O) groups excluding carboxylic acids is 1. The summed E-state index contributed by atoms with van der Waals surface area (Å²) in [6, 6.07) is 5.04. The summed E-state index contributed by atoms with van der Waals surface area (Å²) < 4.78 is 11.9. The van der Waals surface area contributed by atoms with E-state index in [1.54, 1.807) is 18.2 Å². The van der Waals surface area contributed by atoms with Crippen molar-refractivity contribution >= 4 is 11.7 Å². The molecule has 0 saturated carbocycles. The standard InChI is InChI=1S/C18H30N2O3/c1-5-8-12-22-17-14-15(9-10-16(17)19)18(21)23-13-11-20(4,6-2)7-3/h9-10,14H,5-8,11-13H2,1-4H3,(H-,19,21)/p+1. The molecular formula is C18H31N2O3+. The van der Waals surface area contributed by atoms with Crippen molar-refractivity contribution in [3.63, 3.8) is 0 Å². The van der Waals surface area contributed by atoms with Gasteiger partial charge in [-0.25, -0.2) is 4.79 Å². The van der Waals surface area contributed by atoms with E-state index in [-0.39, 0.29) is 5.97 Å². The average molecular weight is 323 g/mol. The quantitative estimate of drug-likeness (QED) is 0.311. The van der Waals surface area contributed by atoms with Crippen molar-refractivity contribution in [1.82, 2.24) is 0 Å². The lowest BCUT2D eigenvalue weighted by Crippen LogP contribution is -2.46. The first-order valence-corrected chi connectivity index (χ1v) is 8.48. The zero-order valence-electron chi connectivity index (χ0n) is 14.9. The average Bonchev–Trinajstić information content (AvgIpc) is 2.56. The van der Waals surface area contributed by atoms with Crippen molar-refractivity contribution in [3.8, 4) is 5.75 Å². The molecular weight excluding hydrogens is 292 g/mol. The summed E-state index contributed by atoms with van der Waals surface area (Å²) in [6.45, 7) is 10.2. The van der Waals surface area contributed by atoms with Crippen molar-refractivity contribution in [3.05, 3.63) is 23.8 Å². The van der Waals surface area contributed by atoms with E-state index in [0.29, 0.717) is 30.2 Å². The van der Waals surface area contributed by atoms with E-state index in [2.05, 4.69) is 27.8 Å². The van der Waals surface area contributed by atoms with Crippen molar-refractivity contribution in [2.75, 3.05) is 45.6 Å². The van der Waals surface area contributed by atoms with Crippen LogP contribution in [0.4, 0.5) is 5.69 Å². The largest absolute Gasteiger partial charge is 0.491 e. The van der Waals surface area contributed by atoms with E-state index in [9.17, 15) is 4.79 Å². The van der Waals surface area contributed by atoms with Gasteiger partial charge in [0.1, 0.15) is 18.9 Å². The highest BCUT2D eigenvalue weighted by Crippen LogP contribution is 2.23. The molecule has 1 rings (SSSR count). The summed E-state index contributed by atoms with van der Waals surface area (Å²) in [6.07, 6.45) is 2.01. The lowest BCUT2D eigenvalue weighted by Gasteiger charge is -2.31. The molecule has 0 spiro atoms. The second kappa shape index (κ2) is 9.40. The van der Waals surface area contributed by atoms with Crippen LogP contribution in [0.25, 0.3) is 0 Å². The number of rotatable bonds is 10. The summed E-state index contributed by atoms with van der Waals surface area (Å²) in [4.78, 5) is 12.2. The Balaban J connectivity index is 2.60. The second-order valence-corrected chi connectivity index (χ2v) is 6.07. The van der Waals surface area contributed by atoms with Crippen LogP contribution in [-0.2, 0) is 4.74 Å². The smallest absolute Gasteiger partial charge is 0.338 e. The van der Waals surface area contributed by atoms with Crippen LogP contribution in [0.2, 0.25) is 0 Å². The van der Waals surface area contributed by atoms with Crippen LogP contribution in [0.1, 0.15) is 44.0 Å². The van der Waals surface area contributed by atoms with Gasteiger partial charge >= 0.3 is 5.97 Å². The van der Waals surface area contributed by atoms with Crippen LogP contribution in [0.15, 0.2) is 18.2 Å². The van der Waals surface area contributed by atoms with Gasteiger partial charge in [-0.3, -0.25) is 0 Å². The fourth-order valence-corrected chi connectivity index (χ4v) is 2.09. The maximum Gasteiger partial charge on any atom is 0.338 e. The molecule has 1 aromatic rings. The Hall–Kier alpha value is -1.75. The third-order valence-corrected chi connectivity index (χ3v) is 4.40. The molecule has 5 nitrogen and oxygen atoms in total. The molecule has 0 aliphatic carbocycles. The maximum atomic E-state index is 12.2. The van der Waals surface area contributed by atoms with Crippen molar-refractivity contribution in [2.45, 2.75) is 33.6 Å². The van der Waals surface area contributed by atoms with E-state index in [1.165, 1.54) is 0 Å². The van der Waals surface area contributed by atoms with Crippen LogP contribution < -0.4 is 10.5 Å². The summed E-state index contributed by atoms with van der Waals surface area (Å²) in [5.41, 5.74) is 6.91. The minimum atomic E-state index is -0.330. The molecule has 0 atom stereocenters. The zero-order chi connectivity index (χ0) is 17.3. The van der Waals surface area contributed by atoms with Gasteiger partial charge < -0.3 is 19.7 Å². The number of anilines is 1. The second-order valence-electron chi connectivity index (χ2n) is 6.07. The normalized spacial score (nSPS) is 11.3. The van der Waals surface area contributed by atoms with Crippen LogP contribution in [-0.4, -0.2) is 50.3 Å². The maximum absolute atomic E-state index is 12.2. The SMILES string of the molecule is CCCCOc1cc(C(=O)OCC[N+](C)(CC)CC)ccc1N. The molecule has 5 heteroatoms. The molecule has 0 bridgehead atoms. The van der Waals surface area contributed by atoms with Gasteiger partial charge in [0, 0.05) is 0 Å². The highest BCUT2D eigenvalue weighted by atomic mass is 16.5. The molecule has 0 radical (unpaired) electrons. The van der Waals surface area contributed by atoms with Crippen LogP contribution in [0, 0.1) is 0 Å². The number of nitrogen functional groups attached to an aromatic ring is 1. The van der Waals surface area contributed by atoms with E-state index in [4.69, 9.17) is 15.2 Å². The Morgan fingerprint density at radius 2 is 1.87 bits per heavy atom. The Kier molecular flexibility index (Phi) is 7.89. The number of benzene rings is 1. The third kappa shape index (κ3) is 6.10. The van der Waals surface area contributed by atoms with E-state index >= 15 is 0 Å².